The van der Waals surface area contributed by atoms with Crippen molar-refractivity contribution in [2.24, 2.45) is 0 Å². The number of anilines is 1. The highest BCUT2D eigenvalue weighted by Crippen LogP contribution is 2.25. The monoisotopic (exact) mass is 353 g/mol. The van der Waals surface area contributed by atoms with Crippen molar-refractivity contribution in [2.45, 2.75) is 6.54 Å². The van der Waals surface area contributed by atoms with Gasteiger partial charge in [-0.05, 0) is 51.8 Å². The summed E-state index contributed by atoms with van der Waals surface area (Å²) in [7, 11) is 1.20. The molecule has 0 saturated carbocycles. The summed E-state index contributed by atoms with van der Waals surface area (Å²) in [5, 5.41) is 12.5. The van der Waals surface area contributed by atoms with Crippen LogP contribution in [0, 0.1) is 5.82 Å². The average Bonchev–Trinajstić information content (AvgIpc) is 2.49. The van der Waals surface area contributed by atoms with Crippen LogP contribution in [0.2, 0.25) is 0 Å². The van der Waals surface area contributed by atoms with E-state index in [1.54, 1.807) is 18.2 Å². The Kier molecular flexibility index (Phi) is 4.80. The van der Waals surface area contributed by atoms with E-state index in [0.717, 1.165) is 5.56 Å². The quantitative estimate of drug-likeness (QED) is 0.823. The number of carbonyl (C=O) groups is 1. The molecule has 4 nitrogen and oxygen atoms in total. The van der Waals surface area contributed by atoms with Crippen molar-refractivity contribution in [1.82, 2.24) is 0 Å². The molecule has 2 rings (SSSR count). The molecule has 110 valence electrons. The van der Waals surface area contributed by atoms with Gasteiger partial charge in [0, 0.05) is 12.2 Å². The minimum Gasteiger partial charge on any atom is -0.507 e. The third-order valence-corrected chi connectivity index (χ3v) is 3.52. The number of halogens is 2. The number of methoxy groups -OCH3 is 1. The second kappa shape index (κ2) is 6.58. The van der Waals surface area contributed by atoms with Gasteiger partial charge in [0.05, 0.1) is 17.1 Å². The van der Waals surface area contributed by atoms with E-state index >= 15 is 0 Å². The van der Waals surface area contributed by atoms with Crippen molar-refractivity contribution >= 4 is 27.6 Å². The van der Waals surface area contributed by atoms with Crippen LogP contribution in [0.1, 0.15) is 15.9 Å². The van der Waals surface area contributed by atoms with Crippen molar-refractivity contribution in [2.75, 3.05) is 12.4 Å². The lowest BCUT2D eigenvalue weighted by atomic mass is 10.1. The van der Waals surface area contributed by atoms with Gasteiger partial charge in [-0.2, -0.15) is 0 Å². The minimum absolute atomic E-state index is 0.116. The van der Waals surface area contributed by atoms with Crippen molar-refractivity contribution in [3.8, 4) is 5.75 Å². The number of rotatable bonds is 4. The molecule has 21 heavy (non-hydrogen) atoms. The number of aromatic hydroxyl groups is 1. The molecule has 0 radical (unpaired) electrons. The number of phenolic OH excluding ortho intramolecular Hbond substituents is 1. The van der Waals surface area contributed by atoms with Crippen molar-refractivity contribution in [1.29, 1.82) is 0 Å². The lowest BCUT2D eigenvalue weighted by molar-refractivity contribution is 0.0595. The van der Waals surface area contributed by atoms with Crippen molar-refractivity contribution in [3.63, 3.8) is 0 Å². The Balaban J connectivity index is 2.13. The predicted molar refractivity (Wildman–Crippen MR) is 80.9 cm³/mol. The number of ether oxygens (including phenoxy) is 1. The molecule has 0 aromatic heterocycles. The maximum absolute atomic E-state index is 13.5. The number of carbonyl (C=O) groups excluding carboxylic acids is 1. The van der Waals surface area contributed by atoms with Gasteiger partial charge in [-0.3, -0.25) is 0 Å². The van der Waals surface area contributed by atoms with Gasteiger partial charge in [-0.1, -0.05) is 6.07 Å². The fourth-order valence-corrected chi connectivity index (χ4v) is 2.19. The lowest BCUT2D eigenvalue weighted by Crippen LogP contribution is -2.06. The van der Waals surface area contributed by atoms with Gasteiger partial charge in [-0.15, -0.1) is 0 Å². The highest BCUT2D eigenvalue weighted by molar-refractivity contribution is 9.10. The zero-order valence-electron chi connectivity index (χ0n) is 11.2. The second-order valence-corrected chi connectivity index (χ2v) is 5.18. The smallest absolute Gasteiger partial charge is 0.340 e. The summed E-state index contributed by atoms with van der Waals surface area (Å²) in [6, 6.07) is 9.26. The largest absolute Gasteiger partial charge is 0.507 e. The van der Waals surface area contributed by atoms with Gasteiger partial charge >= 0.3 is 5.97 Å². The Labute approximate surface area is 129 Å². The first-order valence-corrected chi connectivity index (χ1v) is 6.89. The SMILES string of the molecule is COC(=O)c1cc(NCc2ccc(O)c(Br)c2)ccc1F. The molecule has 6 heteroatoms. The van der Waals surface area contributed by atoms with Crippen LogP contribution in [-0.2, 0) is 11.3 Å². The van der Waals surface area contributed by atoms with E-state index in [-0.39, 0.29) is 11.3 Å². The molecule has 0 fully saturated rings. The summed E-state index contributed by atoms with van der Waals surface area (Å²) in [6.45, 7) is 0.463. The van der Waals surface area contributed by atoms with Gasteiger partial charge < -0.3 is 15.2 Å². The molecule has 0 saturated heterocycles. The molecular weight excluding hydrogens is 341 g/mol. The molecule has 2 aromatic carbocycles. The number of benzene rings is 2. The molecule has 0 spiro atoms. The van der Waals surface area contributed by atoms with Crippen LogP contribution < -0.4 is 5.32 Å². The number of esters is 1. The van der Waals surface area contributed by atoms with E-state index < -0.39 is 11.8 Å². The van der Waals surface area contributed by atoms with Gasteiger partial charge in [-0.25, -0.2) is 9.18 Å². The van der Waals surface area contributed by atoms with Crippen LogP contribution in [0.3, 0.4) is 0 Å². The van der Waals surface area contributed by atoms with Crippen LogP contribution in [0.4, 0.5) is 10.1 Å². The van der Waals surface area contributed by atoms with Crippen LogP contribution >= 0.6 is 15.9 Å². The molecule has 0 bridgehead atoms. The van der Waals surface area contributed by atoms with Crippen LogP contribution in [0.5, 0.6) is 5.75 Å². The first kappa shape index (κ1) is 15.3. The molecule has 0 unspecified atom stereocenters. The Morgan fingerprint density at radius 2 is 2.10 bits per heavy atom. The maximum Gasteiger partial charge on any atom is 0.340 e. The summed E-state index contributed by atoms with van der Waals surface area (Å²) >= 11 is 3.23. The Morgan fingerprint density at radius 1 is 1.33 bits per heavy atom. The summed E-state index contributed by atoms with van der Waals surface area (Å²) in [5.74, 6) is -1.18. The number of nitrogens with one attached hydrogen (secondary N) is 1. The highest BCUT2D eigenvalue weighted by Gasteiger charge is 2.12. The molecule has 2 N–H and O–H groups in total. The van der Waals surface area contributed by atoms with Gasteiger partial charge in [0.25, 0.3) is 0 Å². The normalized spacial score (nSPS) is 10.2. The summed E-state index contributed by atoms with van der Waals surface area (Å²) in [4.78, 5) is 11.4. The fourth-order valence-electron chi connectivity index (χ4n) is 1.77. The highest BCUT2D eigenvalue weighted by atomic mass is 79.9. The molecule has 0 heterocycles. The number of hydrogen-bond donors (Lipinski definition) is 2. The third kappa shape index (κ3) is 3.72. The zero-order chi connectivity index (χ0) is 15.4. The lowest BCUT2D eigenvalue weighted by Gasteiger charge is -2.09. The van der Waals surface area contributed by atoms with E-state index in [1.165, 1.54) is 25.3 Å². The molecule has 2 aromatic rings. The van der Waals surface area contributed by atoms with Crippen LogP contribution in [-0.4, -0.2) is 18.2 Å². The minimum atomic E-state index is -0.719. The fraction of sp³-hybridized carbons (Fsp3) is 0.133. The Bertz CT molecular complexity index is 676. The molecule has 0 aliphatic rings. The summed E-state index contributed by atoms with van der Waals surface area (Å²) in [6.07, 6.45) is 0. The summed E-state index contributed by atoms with van der Waals surface area (Å²) < 4.78 is 18.6. The van der Waals surface area contributed by atoms with Gasteiger partial charge in [0.15, 0.2) is 0 Å². The van der Waals surface area contributed by atoms with Crippen LogP contribution in [0.25, 0.3) is 0 Å². The molecule has 0 atom stereocenters. The first-order chi connectivity index (χ1) is 10.0. The van der Waals surface area contributed by atoms with E-state index in [0.29, 0.717) is 16.7 Å². The molecule has 0 aliphatic carbocycles. The predicted octanol–water partition coefficient (Wildman–Crippen LogP) is 3.69. The maximum atomic E-state index is 13.5. The topological polar surface area (TPSA) is 58.6 Å². The van der Waals surface area contributed by atoms with E-state index in [1.807, 2.05) is 0 Å². The standard InChI is InChI=1S/C15H13BrFNO3/c1-21-15(20)11-7-10(3-4-13(11)17)18-8-9-2-5-14(19)12(16)6-9/h2-7,18-19H,8H2,1H3. The van der Waals surface area contributed by atoms with Crippen molar-refractivity contribution < 1.29 is 19.0 Å². The first-order valence-electron chi connectivity index (χ1n) is 6.10. The Hall–Kier alpha value is -2.08. The van der Waals surface area contributed by atoms with Crippen molar-refractivity contribution in [3.05, 3.63) is 57.8 Å². The van der Waals surface area contributed by atoms with Crippen LogP contribution in [0.15, 0.2) is 40.9 Å². The zero-order valence-corrected chi connectivity index (χ0v) is 12.8. The molecular formula is C15H13BrFNO3. The number of phenols is 1. The van der Waals surface area contributed by atoms with E-state index in [4.69, 9.17) is 0 Å². The molecule has 0 aliphatic heterocycles. The second-order valence-electron chi connectivity index (χ2n) is 4.33. The van der Waals surface area contributed by atoms with Gasteiger partial charge in [0.2, 0.25) is 0 Å². The third-order valence-electron chi connectivity index (χ3n) is 2.88. The average molecular weight is 354 g/mol. The van der Waals surface area contributed by atoms with E-state index in [9.17, 15) is 14.3 Å². The number of hydrogen-bond acceptors (Lipinski definition) is 4. The molecule has 0 amide bonds. The van der Waals surface area contributed by atoms with E-state index in [2.05, 4.69) is 26.0 Å². The summed E-state index contributed by atoms with van der Waals surface area (Å²) in [5.41, 5.74) is 1.40. The Morgan fingerprint density at radius 3 is 2.76 bits per heavy atom. The van der Waals surface area contributed by atoms with Gasteiger partial charge in [0.1, 0.15) is 11.6 Å².